The first kappa shape index (κ1) is 29.5. The van der Waals surface area contributed by atoms with Crippen molar-refractivity contribution in [1.82, 2.24) is 28.7 Å². The van der Waals surface area contributed by atoms with E-state index in [-0.39, 0.29) is 0 Å². The topological polar surface area (TPSA) is 88.1 Å². The first-order valence-electron chi connectivity index (χ1n) is 9.42. The van der Waals surface area contributed by atoms with Crippen molar-refractivity contribution in [2.75, 3.05) is 20.8 Å². The summed E-state index contributed by atoms with van der Waals surface area (Å²) in [4.78, 5) is 16.9. The molecule has 0 aliphatic carbocycles. The van der Waals surface area contributed by atoms with Crippen molar-refractivity contribution in [3.63, 3.8) is 0 Å². The zero-order valence-electron chi connectivity index (χ0n) is 18.8. The fourth-order valence-corrected chi connectivity index (χ4v) is 2.72. The second kappa shape index (κ2) is 16.1. The molecule has 11 nitrogen and oxygen atoms in total. The molecule has 2 aliphatic rings. The fraction of sp³-hybridized carbons (Fsp3) is 0.316. The van der Waals surface area contributed by atoms with Gasteiger partial charge in [0, 0.05) is 6.67 Å². The Hall–Kier alpha value is -1.55. The Balaban J connectivity index is 0.000000259. The van der Waals surface area contributed by atoms with Gasteiger partial charge in [0.25, 0.3) is 0 Å². The van der Waals surface area contributed by atoms with Crippen LogP contribution in [-0.2, 0) is 30.9 Å². The average Bonchev–Trinajstić information content (AvgIpc) is 3.49. The second-order valence-electron chi connectivity index (χ2n) is 6.99. The van der Waals surface area contributed by atoms with Crippen molar-refractivity contribution in [2.45, 2.75) is 6.67 Å². The Morgan fingerprint density at radius 2 is 1.21 bits per heavy atom. The third-order valence-corrected chi connectivity index (χ3v) is 3.95. The number of imidazole rings is 2. The number of hydrogen-bond acceptors (Lipinski definition) is 5. The first-order valence-corrected chi connectivity index (χ1v) is 19.2. The van der Waals surface area contributed by atoms with Gasteiger partial charge >= 0.3 is 55.8 Å². The molecule has 0 amide bonds. The molecule has 0 radical (unpaired) electrons. The van der Waals surface area contributed by atoms with Gasteiger partial charge in [0.2, 0.25) is 19.3 Å². The van der Waals surface area contributed by atoms with Crippen molar-refractivity contribution in [3.05, 3.63) is 75.6 Å². The molecule has 2 N–H and O–H groups in total. The van der Waals surface area contributed by atoms with E-state index in [0.717, 1.165) is 23.4 Å². The van der Waals surface area contributed by atoms with Crippen molar-refractivity contribution in [1.29, 1.82) is 0 Å². The predicted octanol–water partition coefficient (Wildman–Crippen LogP) is 2.06. The van der Waals surface area contributed by atoms with E-state index in [1.165, 1.54) is 0 Å². The third kappa shape index (κ3) is 13.7. The number of nitrogens with zero attached hydrogens (tertiary/aromatic N) is 8. The molecule has 2 aromatic heterocycles. The minimum atomic E-state index is -1.83. The zero-order chi connectivity index (χ0) is 24.8. The van der Waals surface area contributed by atoms with Gasteiger partial charge in [0.15, 0.2) is 0 Å². The third-order valence-electron chi connectivity index (χ3n) is 3.95. The molecule has 0 spiro atoms. The molecular formula is C19H30I2N8O3Rh. The number of carbonyl (C=O) groups is 1. The number of rotatable bonds is 4. The number of aromatic nitrogens is 4. The molecule has 0 aromatic carbocycles. The number of carboxylic acid groups (broad SMARTS) is 2. The monoisotopic (exact) mass is 775 g/mol. The van der Waals surface area contributed by atoms with Crippen LogP contribution in [0.5, 0.6) is 0 Å². The molecule has 2 aliphatic heterocycles. The molecule has 187 valence electrons. The molecule has 0 saturated heterocycles. The zero-order valence-corrected chi connectivity index (χ0v) is 24.8. The van der Waals surface area contributed by atoms with Gasteiger partial charge in [0.05, 0.1) is 14.1 Å². The van der Waals surface area contributed by atoms with Crippen molar-refractivity contribution >= 4 is 45.7 Å². The summed E-state index contributed by atoms with van der Waals surface area (Å²) in [6, 6.07) is 0. The molecule has 4 heterocycles. The van der Waals surface area contributed by atoms with E-state index < -0.39 is 6.16 Å². The van der Waals surface area contributed by atoms with Crippen LogP contribution in [0.1, 0.15) is 0 Å². The number of hydrogen-bond donors (Lipinski definition) is 2. The van der Waals surface area contributed by atoms with E-state index in [1.807, 2.05) is 71.9 Å². The van der Waals surface area contributed by atoms with Crippen LogP contribution in [0.2, 0.25) is 0 Å². The summed E-state index contributed by atoms with van der Waals surface area (Å²) in [5.74, 6) is 0. The Kier molecular flexibility index (Phi) is 14.4. The molecule has 0 unspecified atom stereocenters. The van der Waals surface area contributed by atoms with Gasteiger partial charge in [-0.1, -0.05) is 0 Å². The van der Waals surface area contributed by atoms with Gasteiger partial charge < -0.3 is 29.8 Å². The molecule has 2 aromatic rings. The predicted molar refractivity (Wildman–Crippen MR) is 136 cm³/mol. The summed E-state index contributed by atoms with van der Waals surface area (Å²) in [5.41, 5.74) is 0. The summed E-state index contributed by atoms with van der Waals surface area (Å²) < 4.78 is 8.31. The molecule has 0 saturated carbocycles. The Morgan fingerprint density at radius 3 is 1.45 bits per heavy atom. The Morgan fingerprint density at radius 1 is 0.848 bits per heavy atom. The molecule has 14 heteroatoms. The van der Waals surface area contributed by atoms with Gasteiger partial charge in [-0.15, -0.1) is 0 Å². The first-order chi connectivity index (χ1) is 15.6. The Bertz CT molecular complexity index is 826. The van der Waals surface area contributed by atoms with E-state index in [9.17, 15) is 0 Å². The maximum atomic E-state index is 8.56. The van der Waals surface area contributed by atoms with E-state index in [2.05, 4.69) is 109 Å². The van der Waals surface area contributed by atoms with Crippen LogP contribution in [0.15, 0.2) is 62.2 Å². The van der Waals surface area contributed by atoms with Gasteiger partial charge in [-0.3, -0.25) is 0 Å². The van der Waals surface area contributed by atoms with Crippen LogP contribution in [0.3, 0.4) is 0 Å². The van der Waals surface area contributed by atoms with Gasteiger partial charge in [-0.05, 0) is 38.9 Å². The van der Waals surface area contributed by atoms with Crippen LogP contribution >= 0.6 is 39.5 Å². The van der Waals surface area contributed by atoms with E-state index in [0.29, 0.717) is 0 Å². The van der Waals surface area contributed by atoms with Gasteiger partial charge in [0.1, 0.15) is 24.8 Å². The molecule has 0 fully saturated rings. The second-order valence-corrected chi connectivity index (χ2v) is 19.6. The standard InChI is InChI=1S/2C9H14N4.CH2O3.2HI.Rh/c2*1-10-3-5-12(7-10)9-13-6-4-11(2)8-13;2-1(3)4;;;/h2*3-8H,9H2,1-2H3;(H2,2,3,4);2*1H;/q-2;+2;;;;+2/p-2. The summed E-state index contributed by atoms with van der Waals surface area (Å²) in [6.07, 6.45) is 18.6. The van der Waals surface area contributed by atoms with Gasteiger partial charge in [-0.2, -0.15) is 22.5 Å². The van der Waals surface area contributed by atoms with Crippen molar-refractivity contribution < 1.29 is 34.2 Å². The average molecular weight is 775 g/mol. The molecule has 33 heavy (non-hydrogen) atoms. The van der Waals surface area contributed by atoms with E-state index in [4.69, 9.17) is 15.0 Å². The molecule has 0 atom stereocenters. The summed E-state index contributed by atoms with van der Waals surface area (Å²) in [5, 5.41) is 13.9. The minimum absolute atomic E-state index is 0.770. The van der Waals surface area contributed by atoms with Crippen LogP contribution < -0.4 is 9.13 Å². The number of halogens is 2. The Labute approximate surface area is 224 Å². The fourth-order valence-electron chi connectivity index (χ4n) is 2.72. The van der Waals surface area contributed by atoms with Crippen molar-refractivity contribution in [3.8, 4) is 0 Å². The van der Waals surface area contributed by atoms with Crippen LogP contribution in [-0.4, -0.2) is 65.9 Å². The number of aryl methyl sites for hydroxylation is 2. The van der Waals surface area contributed by atoms with Crippen LogP contribution in [0.4, 0.5) is 4.79 Å². The molecular weight excluding hydrogens is 745 g/mol. The summed E-state index contributed by atoms with van der Waals surface area (Å²) in [6.45, 7) is 5.84. The van der Waals surface area contributed by atoms with Crippen molar-refractivity contribution in [2.24, 2.45) is 14.1 Å². The maximum absolute atomic E-state index is 8.56. The summed E-state index contributed by atoms with van der Waals surface area (Å²) >= 11 is 4.69. The van der Waals surface area contributed by atoms with Crippen LogP contribution in [0.25, 0.3) is 0 Å². The van der Waals surface area contributed by atoms with E-state index in [1.54, 1.807) is 0 Å². The summed E-state index contributed by atoms with van der Waals surface area (Å²) in [7, 11) is 8.85. The van der Waals surface area contributed by atoms with E-state index >= 15 is 0 Å². The van der Waals surface area contributed by atoms with Crippen LogP contribution in [0, 0.1) is 13.3 Å². The molecule has 4 rings (SSSR count). The normalized spacial score (nSPS) is 13.9. The quantitative estimate of drug-likeness (QED) is 0.213. The molecule has 0 bridgehead atoms. The SMILES string of the molecule is CN1C=CN(CN2C=CN(C)[CH-]2)[CH-]1.C[n+]1ccn(Cn2cc[n+](C)c2)c1.O=C(O)O.[I][Rh][I]. The van der Waals surface area contributed by atoms with Gasteiger partial charge in [-0.25, -0.2) is 13.9 Å².